The van der Waals surface area contributed by atoms with Gasteiger partial charge in [0.1, 0.15) is 10.8 Å². The minimum Gasteiger partial charge on any atom is -0.354 e. The monoisotopic (exact) mass is 431 g/mol. The molecule has 0 aliphatic heterocycles. The quantitative estimate of drug-likeness (QED) is 0.577. The van der Waals surface area contributed by atoms with Crippen molar-refractivity contribution in [2.24, 2.45) is 14.1 Å². The van der Waals surface area contributed by atoms with Crippen LogP contribution in [0.2, 0.25) is 0 Å². The van der Waals surface area contributed by atoms with Gasteiger partial charge in [-0.05, 0) is 25.0 Å². The van der Waals surface area contributed by atoms with Crippen LogP contribution in [0, 0.1) is 0 Å². The van der Waals surface area contributed by atoms with Crippen LogP contribution >= 0.6 is 23.1 Å². The molecular weight excluding hydrogens is 406 g/mol. The molecule has 8 nitrogen and oxygen atoms in total. The Morgan fingerprint density at radius 2 is 2.03 bits per heavy atom. The number of carbonyl (C=O) groups is 1. The van der Waals surface area contributed by atoms with Crippen LogP contribution in [0.3, 0.4) is 0 Å². The normalized spacial score (nSPS) is 15.0. The fourth-order valence-corrected chi connectivity index (χ4v) is 5.21. The largest absolute Gasteiger partial charge is 0.354 e. The molecule has 29 heavy (non-hydrogen) atoms. The summed E-state index contributed by atoms with van der Waals surface area (Å²) >= 11 is 2.88. The molecule has 1 aliphatic rings. The van der Waals surface area contributed by atoms with Crippen LogP contribution in [0.25, 0.3) is 0 Å². The summed E-state index contributed by atoms with van der Waals surface area (Å²) in [6, 6.07) is 4.08. The molecule has 0 radical (unpaired) electrons. The van der Waals surface area contributed by atoms with Crippen LogP contribution in [0.15, 0.2) is 23.5 Å². The van der Waals surface area contributed by atoms with E-state index in [0.29, 0.717) is 17.5 Å². The first-order chi connectivity index (χ1) is 14.1. The van der Waals surface area contributed by atoms with Crippen LogP contribution in [0.4, 0.5) is 5.13 Å². The van der Waals surface area contributed by atoms with Crippen molar-refractivity contribution in [3.63, 3.8) is 0 Å². The molecule has 1 amide bonds. The maximum absolute atomic E-state index is 12.3. The molecule has 4 rings (SSSR count). The summed E-state index contributed by atoms with van der Waals surface area (Å²) in [7, 11) is 3.94. The molecule has 3 aromatic rings. The van der Waals surface area contributed by atoms with Crippen LogP contribution < -0.4 is 5.32 Å². The van der Waals surface area contributed by atoms with E-state index in [-0.39, 0.29) is 11.7 Å². The van der Waals surface area contributed by atoms with Gasteiger partial charge in [-0.25, -0.2) is 0 Å². The Labute approximate surface area is 178 Å². The Hall–Kier alpha value is -2.20. The van der Waals surface area contributed by atoms with Crippen LogP contribution in [-0.2, 0) is 25.3 Å². The van der Waals surface area contributed by atoms with Crippen molar-refractivity contribution in [3.05, 3.63) is 34.9 Å². The van der Waals surface area contributed by atoms with Crippen LogP contribution in [0.1, 0.15) is 54.5 Å². The molecule has 0 atom stereocenters. The number of thioether (sulfide) groups is 1. The third-order valence-corrected chi connectivity index (χ3v) is 7.31. The standard InChI is InChI=1S/C19H25N7OS2/c1-25-10-6-9-14(25)11-15-21-24-19(26(15)2)28-12-16(27)20-18-23-22-17(29-18)13-7-4-3-5-8-13/h6,9-10,13H,3-5,7-8,11-12H2,1-2H3,(H,20,23,27). The minimum atomic E-state index is -0.103. The van der Waals surface area contributed by atoms with Gasteiger partial charge in [-0.2, -0.15) is 0 Å². The number of nitrogens with zero attached hydrogens (tertiary/aromatic N) is 6. The van der Waals surface area contributed by atoms with E-state index >= 15 is 0 Å². The predicted octanol–water partition coefficient (Wildman–Crippen LogP) is 3.37. The Balaban J connectivity index is 1.30. The maximum Gasteiger partial charge on any atom is 0.236 e. The third-order valence-electron chi connectivity index (χ3n) is 5.29. The fourth-order valence-electron chi connectivity index (χ4n) is 3.55. The zero-order valence-electron chi connectivity index (χ0n) is 16.7. The van der Waals surface area contributed by atoms with E-state index in [2.05, 4.69) is 36.3 Å². The van der Waals surface area contributed by atoms with Gasteiger partial charge in [0.05, 0.1) is 5.75 Å². The van der Waals surface area contributed by atoms with Crippen molar-refractivity contribution < 1.29 is 4.79 Å². The van der Waals surface area contributed by atoms with Crippen molar-refractivity contribution in [2.45, 2.75) is 49.6 Å². The molecule has 3 aromatic heterocycles. The maximum atomic E-state index is 12.3. The smallest absolute Gasteiger partial charge is 0.236 e. The summed E-state index contributed by atoms with van der Waals surface area (Å²) < 4.78 is 4.01. The predicted molar refractivity (Wildman–Crippen MR) is 114 cm³/mol. The van der Waals surface area contributed by atoms with E-state index in [1.165, 1.54) is 60.9 Å². The first-order valence-corrected chi connectivity index (χ1v) is 11.6. The van der Waals surface area contributed by atoms with E-state index in [9.17, 15) is 4.79 Å². The second-order valence-electron chi connectivity index (χ2n) is 7.36. The summed E-state index contributed by atoms with van der Waals surface area (Å²) in [4.78, 5) is 12.3. The molecule has 3 heterocycles. The number of amides is 1. The highest BCUT2D eigenvalue weighted by atomic mass is 32.2. The average Bonchev–Trinajstić information content (AvgIpc) is 3.44. The highest BCUT2D eigenvalue weighted by molar-refractivity contribution is 7.99. The van der Waals surface area contributed by atoms with Gasteiger partial charge >= 0.3 is 0 Å². The lowest BCUT2D eigenvalue weighted by Gasteiger charge is -2.18. The molecule has 1 saturated carbocycles. The van der Waals surface area contributed by atoms with Crippen molar-refractivity contribution in [3.8, 4) is 0 Å². The summed E-state index contributed by atoms with van der Waals surface area (Å²) in [6.45, 7) is 0. The van der Waals surface area contributed by atoms with Crippen molar-refractivity contribution in [1.29, 1.82) is 0 Å². The second kappa shape index (κ2) is 9.08. The number of carbonyl (C=O) groups excluding carboxylic acids is 1. The fraction of sp³-hybridized carbons (Fsp3) is 0.526. The molecular formula is C19H25N7OS2. The summed E-state index contributed by atoms with van der Waals surface area (Å²) in [5.41, 5.74) is 1.17. The molecule has 10 heteroatoms. The number of anilines is 1. The Morgan fingerprint density at radius 1 is 1.21 bits per heavy atom. The third kappa shape index (κ3) is 4.87. The Bertz CT molecular complexity index is 971. The van der Waals surface area contributed by atoms with Gasteiger partial charge in [-0.3, -0.25) is 10.1 Å². The molecule has 154 valence electrons. The highest BCUT2D eigenvalue weighted by Gasteiger charge is 2.20. The number of rotatable bonds is 7. The van der Waals surface area contributed by atoms with Gasteiger partial charge in [-0.1, -0.05) is 42.4 Å². The Morgan fingerprint density at radius 3 is 2.79 bits per heavy atom. The van der Waals surface area contributed by atoms with E-state index < -0.39 is 0 Å². The van der Waals surface area contributed by atoms with Gasteiger partial charge < -0.3 is 9.13 Å². The van der Waals surface area contributed by atoms with E-state index in [1.807, 2.05) is 30.9 Å². The minimum absolute atomic E-state index is 0.103. The molecule has 0 unspecified atom stereocenters. The van der Waals surface area contributed by atoms with E-state index in [1.54, 1.807) is 0 Å². The topological polar surface area (TPSA) is 90.5 Å². The van der Waals surface area contributed by atoms with Gasteiger partial charge in [0, 0.05) is 38.3 Å². The van der Waals surface area contributed by atoms with Gasteiger partial charge in [0.25, 0.3) is 0 Å². The summed E-state index contributed by atoms with van der Waals surface area (Å²) in [5, 5.41) is 22.2. The lowest BCUT2D eigenvalue weighted by Crippen LogP contribution is -2.14. The van der Waals surface area contributed by atoms with Crippen LogP contribution in [0.5, 0.6) is 0 Å². The molecule has 0 aromatic carbocycles. The van der Waals surface area contributed by atoms with Gasteiger partial charge in [-0.15, -0.1) is 20.4 Å². The molecule has 0 spiro atoms. The van der Waals surface area contributed by atoms with Crippen molar-refractivity contribution >= 4 is 34.1 Å². The number of aromatic nitrogens is 6. The van der Waals surface area contributed by atoms with Crippen molar-refractivity contribution in [1.82, 2.24) is 29.5 Å². The molecule has 0 bridgehead atoms. The molecule has 1 fully saturated rings. The summed E-state index contributed by atoms with van der Waals surface area (Å²) in [5.74, 6) is 1.53. The molecule has 1 aliphatic carbocycles. The SMILES string of the molecule is Cn1cccc1Cc1nnc(SCC(=O)Nc2nnc(C3CCCCC3)s2)n1C. The van der Waals surface area contributed by atoms with E-state index in [4.69, 9.17) is 0 Å². The highest BCUT2D eigenvalue weighted by Crippen LogP contribution is 2.35. The zero-order valence-corrected chi connectivity index (χ0v) is 18.3. The van der Waals surface area contributed by atoms with Crippen molar-refractivity contribution in [2.75, 3.05) is 11.1 Å². The number of hydrogen-bond acceptors (Lipinski definition) is 7. The number of hydrogen-bond donors (Lipinski definition) is 1. The number of nitrogens with one attached hydrogen (secondary N) is 1. The molecule has 0 saturated heterocycles. The summed E-state index contributed by atoms with van der Waals surface area (Å²) in [6.07, 6.45) is 8.89. The second-order valence-corrected chi connectivity index (χ2v) is 9.31. The first kappa shape index (κ1) is 20.1. The zero-order chi connectivity index (χ0) is 20.2. The van der Waals surface area contributed by atoms with Gasteiger partial charge in [0.15, 0.2) is 5.16 Å². The number of aryl methyl sites for hydroxylation is 1. The van der Waals surface area contributed by atoms with E-state index in [0.717, 1.165) is 16.0 Å². The van der Waals surface area contributed by atoms with Crippen LogP contribution in [-0.4, -0.2) is 41.2 Å². The van der Waals surface area contributed by atoms with Gasteiger partial charge in [0.2, 0.25) is 11.0 Å². The Kier molecular flexibility index (Phi) is 6.29. The lowest BCUT2D eigenvalue weighted by molar-refractivity contribution is -0.113. The first-order valence-electron chi connectivity index (χ1n) is 9.84. The lowest BCUT2D eigenvalue weighted by atomic mass is 9.90. The average molecular weight is 432 g/mol. The molecule has 1 N–H and O–H groups in total.